The topological polar surface area (TPSA) is 52.6 Å². The minimum atomic E-state index is -0.452. The van der Waals surface area contributed by atoms with E-state index in [4.69, 9.17) is 9.47 Å². The van der Waals surface area contributed by atoms with Gasteiger partial charge in [0, 0.05) is 6.42 Å². The largest absolute Gasteiger partial charge is 0.465 e. The van der Waals surface area contributed by atoms with Gasteiger partial charge in [-0.3, -0.25) is 9.59 Å². The van der Waals surface area contributed by atoms with E-state index >= 15 is 0 Å². The summed E-state index contributed by atoms with van der Waals surface area (Å²) in [5, 5.41) is 0. The highest BCUT2D eigenvalue weighted by atomic mass is 16.5. The second kappa shape index (κ2) is 9.26. The third-order valence-electron chi connectivity index (χ3n) is 2.56. The van der Waals surface area contributed by atoms with Gasteiger partial charge in [0.1, 0.15) is 12.2 Å². The minimum Gasteiger partial charge on any atom is -0.465 e. The maximum atomic E-state index is 11.5. The zero-order valence-corrected chi connectivity index (χ0v) is 12.1. The molecule has 110 valence electrons. The zero-order chi connectivity index (χ0) is 14.8. The summed E-state index contributed by atoms with van der Waals surface area (Å²) < 4.78 is 10.3. The van der Waals surface area contributed by atoms with Gasteiger partial charge in [-0.2, -0.15) is 0 Å². The van der Waals surface area contributed by atoms with Crippen LogP contribution in [-0.2, 0) is 25.7 Å². The van der Waals surface area contributed by atoms with E-state index in [0.717, 1.165) is 5.56 Å². The first-order chi connectivity index (χ1) is 9.58. The van der Waals surface area contributed by atoms with Crippen LogP contribution in [-0.4, -0.2) is 25.0 Å². The van der Waals surface area contributed by atoms with Gasteiger partial charge in [0.25, 0.3) is 0 Å². The average molecular weight is 278 g/mol. The van der Waals surface area contributed by atoms with Gasteiger partial charge in [-0.1, -0.05) is 44.2 Å². The summed E-state index contributed by atoms with van der Waals surface area (Å²) in [6.07, 6.45) is 0.0744. The molecule has 0 saturated carbocycles. The van der Waals surface area contributed by atoms with Crippen LogP contribution in [0, 0.1) is 5.92 Å². The number of hydrogen-bond acceptors (Lipinski definition) is 4. The van der Waals surface area contributed by atoms with Gasteiger partial charge in [-0.25, -0.2) is 0 Å². The van der Waals surface area contributed by atoms with Crippen LogP contribution in [0.15, 0.2) is 30.3 Å². The Morgan fingerprint density at radius 2 is 1.85 bits per heavy atom. The molecule has 20 heavy (non-hydrogen) atoms. The Hall–Kier alpha value is -1.68. The highest BCUT2D eigenvalue weighted by Crippen LogP contribution is 2.02. The van der Waals surface area contributed by atoms with Crippen LogP contribution in [0.5, 0.6) is 0 Å². The Morgan fingerprint density at radius 3 is 2.50 bits per heavy atom. The molecule has 1 aromatic carbocycles. The molecule has 0 atom stereocenters. The first-order valence-corrected chi connectivity index (χ1v) is 6.87. The fourth-order valence-electron chi connectivity index (χ4n) is 1.51. The summed E-state index contributed by atoms with van der Waals surface area (Å²) in [7, 11) is 0. The van der Waals surface area contributed by atoms with E-state index in [9.17, 15) is 9.59 Å². The van der Waals surface area contributed by atoms with Gasteiger partial charge in [0.15, 0.2) is 0 Å². The Morgan fingerprint density at radius 1 is 1.15 bits per heavy atom. The number of Topliss-reactive ketones (excluding diaryl/α,β-unsaturated/α-hetero) is 1. The Balaban J connectivity index is 2.09. The Labute approximate surface area is 120 Å². The predicted octanol–water partition coefficient (Wildman–Crippen LogP) is 2.75. The fourth-order valence-corrected chi connectivity index (χ4v) is 1.51. The molecule has 0 spiro atoms. The summed E-state index contributed by atoms with van der Waals surface area (Å²) in [5.41, 5.74) is 1.07. The van der Waals surface area contributed by atoms with Crippen molar-refractivity contribution < 1.29 is 19.1 Å². The van der Waals surface area contributed by atoms with E-state index in [-0.39, 0.29) is 24.5 Å². The van der Waals surface area contributed by atoms with Crippen molar-refractivity contribution in [2.24, 2.45) is 5.92 Å². The van der Waals surface area contributed by atoms with E-state index in [2.05, 4.69) is 0 Å². The van der Waals surface area contributed by atoms with Gasteiger partial charge >= 0.3 is 5.97 Å². The van der Waals surface area contributed by atoms with Crippen molar-refractivity contribution in [3.63, 3.8) is 0 Å². The van der Waals surface area contributed by atoms with Crippen molar-refractivity contribution in [2.45, 2.75) is 33.3 Å². The molecule has 0 radical (unpaired) electrons. The molecule has 0 aliphatic carbocycles. The molecule has 4 heteroatoms. The van der Waals surface area contributed by atoms with E-state index in [0.29, 0.717) is 19.8 Å². The Kier molecular flexibility index (Phi) is 7.58. The number of carbonyl (C=O) groups is 2. The zero-order valence-electron chi connectivity index (χ0n) is 12.1. The molecule has 0 aromatic heterocycles. The maximum absolute atomic E-state index is 11.5. The van der Waals surface area contributed by atoms with Crippen molar-refractivity contribution in [3.05, 3.63) is 35.9 Å². The lowest BCUT2D eigenvalue weighted by Gasteiger charge is -2.07. The third kappa shape index (κ3) is 7.69. The summed E-state index contributed by atoms with van der Waals surface area (Å²) in [6, 6.07) is 9.75. The van der Waals surface area contributed by atoms with Crippen molar-refractivity contribution in [2.75, 3.05) is 13.2 Å². The number of benzene rings is 1. The van der Waals surface area contributed by atoms with Crippen LogP contribution in [0.2, 0.25) is 0 Å². The van der Waals surface area contributed by atoms with Gasteiger partial charge in [-0.05, 0) is 11.5 Å². The lowest BCUT2D eigenvalue weighted by Crippen LogP contribution is -2.15. The molecule has 1 aromatic rings. The van der Waals surface area contributed by atoms with Crippen LogP contribution >= 0.6 is 0 Å². The molecule has 0 unspecified atom stereocenters. The SMILES string of the molecule is CC(C)COC(=O)CC(=O)CCOCc1ccccc1. The number of ketones is 1. The van der Waals surface area contributed by atoms with E-state index < -0.39 is 5.97 Å². The van der Waals surface area contributed by atoms with Crippen molar-refractivity contribution in [3.8, 4) is 0 Å². The highest BCUT2D eigenvalue weighted by Gasteiger charge is 2.11. The molecular weight excluding hydrogens is 256 g/mol. The summed E-state index contributed by atoms with van der Waals surface area (Å²) in [6.45, 7) is 5.06. The average Bonchev–Trinajstić information content (AvgIpc) is 2.42. The number of hydrogen-bond donors (Lipinski definition) is 0. The fraction of sp³-hybridized carbons (Fsp3) is 0.500. The molecular formula is C16H22O4. The predicted molar refractivity (Wildman–Crippen MR) is 76.1 cm³/mol. The molecule has 0 aliphatic heterocycles. The molecule has 0 bridgehead atoms. The standard InChI is InChI=1S/C16H22O4/c1-13(2)11-20-16(18)10-15(17)8-9-19-12-14-6-4-3-5-7-14/h3-7,13H,8-12H2,1-2H3. The van der Waals surface area contributed by atoms with Crippen LogP contribution in [0.4, 0.5) is 0 Å². The second-order valence-corrected chi connectivity index (χ2v) is 5.08. The number of carbonyl (C=O) groups excluding carboxylic acids is 2. The maximum Gasteiger partial charge on any atom is 0.313 e. The number of esters is 1. The molecule has 0 N–H and O–H groups in total. The second-order valence-electron chi connectivity index (χ2n) is 5.08. The van der Waals surface area contributed by atoms with Gasteiger partial charge in [-0.15, -0.1) is 0 Å². The summed E-state index contributed by atoms with van der Waals surface area (Å²) in [5.74, 6) is -0.318. The lowest BCUT2D eigenvalue weighted by molar-refractivity contribution is -0.147. The molecule has 0 heterocycles. The van der Waals surface area contributed by atoms with Gasteiger partial charge in [0.05, 0.1) is 19.8 Å². The molecule has 0 aliphatic rings. The first-order valence-electron chi connectivity index (χ1n) is 6.87. The third-order valence-corrected chi connectivity index (χ3v) is 2.56. The minimum absolute atomic E-state index is 0.146. The van der Waals surface area contributed by atoms with Crippen molar-refractivity contribution in [1.82, 2.24) is 0 Å². The van der Waals surface area contributed by atoms with E-state index in [1.54, 1.807) is 0 Å². The summed E-state index contributed by atoms with van der Waals surface area (Å²) in [4.78, 5) is 22.9. The summed E-state index contributed by atoms with van der Waals surface area (Å²) >= 11 is 0. The normalized spacial score (nSPS) is 10.6. The molecule has 0 saturated heterocycles. The van der Waals surface area contributed by atoms with Crippen LogP contribution < -0.4 is 0 Å². The van der Waals surface area contributed by atoms with E-state index in [1.165, 1.54) is 0 Å². The molecule has 1 rings (SSSR count). The first kappa shape index (κ1) is 16.4. The molecule has 0 fully saturated rings. The van der Waals surface area contributed by atoms with Crippen LogP contribution in [0.1, 0.15) is 32.3 Å². The Bertz CT molecular complexity index is 412. The number of rotatable bonds is 9. The van der Waals surface area contributed by atoms with Crippen LogP contribution in [0.25, 0.3) is 0 Å². The van der Waals surface area contributed by atoms with Gasteiger partial charge < -0.3 is 9.47 Å². The smallest absolute Gasteiger partial charge is 0.313 e. The van der Waals surface area contributed by atoms with Crippen LogP contribution in [0.3, 0.4) is 0 Å². The van der Waals surface area contributed by atoms with Crippen molar-refractivity contribution >= 4 is 11.8 Å². The monoisotopic (exact) mass is 278 g/mol. The highest BCUT2D eigenvalue weighted by molar-refractivity contribution is 5.95. The van der Waals surface area contributed by atoms with Crippen molar-refractivity contribution in [1.29, 1.82) is 0 Å². The molecule has 4 nitrogen and oxygen atoms in total. The number of ether oxygens (including phenoxy) is 2. The quantitative estimate of drug-likeness (QED) is 0.396. The molecule has 0 amide bonds. The van der Waals surface area contributed by atoms with Gasteiger partial charge in [0.2, 0.25) is 0 Å². The lowest BCUT2D eigenvalue weighted by atomic mass is 10.2. The van der Waals surface area contributed by atoms with E-state index in [1.807, 2.05) is 44.2 Å².